The van der Waals surface area contributed by atoms with E-state index in [1.165, 1.54) is 38.8 Å². The van der Waals surface area contributed by atoms with Gasteiger partial charge in [-0.15, -0.1) is 0 Å². The summed E-state index contributed by atoms with van der Waals surface area (Å²) in [5.41, 5.74) is 0. The van der Waals surface area contributed by atoms with Crippen molar-refractivity contribution in [2.45, 2.75) is 57.7 Å². The van der Waals surface area contributed by atoms with Crippen molar-refractivity contribution < 1.29 is 0 Å². The second kappa shape index (κ2) is 5.13. The van der Waals surface area contributed by atoms with Gasteiger partial charge in [-0.2, -0.15) is 0 Å². The summed E-state index contributed by atoms with van der Waals surface area (Å²) in [6.45, 7) is 7.03. The van der Waals surface area contributed by atoms with Crippen LogP contribution in [-0.2, 0) is 0 Å². The highest BCUT2D eigenvalue weighted by Crippen LogP contribution is 2.22. The molecule has 2 heteroatoms. The highest BCUT2D eigenvalue weighted by Gasteiger charge is 2.29. The average Bonchev–Trinajstić information content (AvgIpc) is 2.30. The SMILES string of the molecule is CCC1CNC(C)CN1C1CC=CCC1. The number of hydrogen-bond donors (Lipinski definition) is 1. The lowest BCUT2D eigenvalue weighted by Crippen LogP contribution is -2.58. The number of piperazine rings is 1. The van der Waals surface area contributed by atoms with Crippen LogP contribution in [0.3, 0.4) is 0 Å². The molecule has 3 atom stereocenters. The van der Waals surface area contributed by atoms with Crippen molar-refractivity contribution in [2.75, 3.05) is 13.1 Å². The van der Waals surface area contributed by atoms with Crippen LogP contribution in [0.15, 0.2) is 12.2 Å². The summed E-state index contributed by atoms with van der Waals surface area (Å²) in [5.74, 6) is 0. The van der Waals surface area contributed by atoms with E-state index in [0.29, 0.717) is 6.04 Å². The lowest BCUT2D eigenvalue weighted by atomic mass is 9.96. The van der Waals surface area contributed by atoms with E-state index in [9.17, 15) is 0 Å². The highest BCUT2D eigenvalue weighted by atomic mass is 15.3. The molecule has 3 unspecified atom stereocenters. The minimum Gasteiger partial charge on any atom is -0.311 e. The lowest BCUT2D eigenvalue weighted by Gasteiger charge is -2.44. The molecule has 1 aliphatic carbocycles. The zero-order valence-electron chi connectivity index (χ0n) is 10.1. The summed E-state index contributed by atoms with van der Waals surface area (Å²) >= 11 is 0. The van der Waals surface area contributed by atoms with E-state index in [2.05, 4.69) is 36.2 Å². The quantitative estimate of drug-likeness (QED) is 0.700. The van der Waals surface area contributed by atoms with Gasteiger partial charge in [-0.05, 0) is 32.6 Å². The molecule has 1 aliphatic heterocycles. The van der Waals surface area contributed by atoms with Gasteiger partial charge >= 0.3 is 0 Å². The molecule has 86 valence electrons. The Morgan fingerprint density at radius 3 is 2.93 bits per heavy atom. The van der Waals surface area contributed by atoms with E-state index >= 15 is 0 Å². The third kappa shape index (κ3) is 2.61. The van der Waals surface area contributed by atoms with Gasteiger partial charge in [0.1, 0.15) is 0 Å². The second-order valence-electron chi connectivity index (χ2n) is 5.01. The van der Waals surface area contributed by atoms with Crippen molar-refractivity contribution in [1.29, 1.82) is 0 Å². The molecule has 15 heavy (non-hydrogen) atoms. The van der Waals surface area contributed by atoms with Gasteiger partial charge in [0.05, 0.1) is 0 Å². The summed E-state index contributed by atoms with van der Waals surface area (Å²) in [5, 5.41) is 3.59. The van der Waals surface area contributed by atoms with Crippen molar-refractivity contribution in [2.24, 2.45) is 0 Å². The first kappa shape index (κ1) is 11.2. The van der Waals surface area contributed by atoms with Gasteiger partial charge in [-0.3, -0.25) is 4.90 Å². The van der Waals surface area contributed by atoms with Crippen LogP contribution in [-0.4, -0.2) is 36.1 Å². The lowest BCUT2D eigenvalue weighted by molar-refractivity contribution is 0.0776. The topological polar surface area (TPSA) is 15.3 Å². The Morgan fingerprint density at radius 1 is 1.40 bits per heavy atom. The van der Waals surface area contributed by atoms with Gasteiger partial charge in [0.25, 0.3) is 0 Å². The van der Waals surface area contributed by atoms with Gasteiger partial charge in [0, 0.05) is 31.2 Å². The summed E-state index contributed by atoms with van der Waals surface area (Å²) in [4.78, 5) is 2.75. The zero-order chi connectivity index (χ0) is 10.7. The number of nitrogens with zero attached hydrogens (tertiary/aromatic N) is 1. The molecule has 0 aromatic heterocycles. The Labute approximate surface area is 93.7 Å². The molecule has 0 amide bonds. The molecule has 2 rings (SSSR count). The third-order valence-corrected chi connectivity index (χ3v) is 3.84. The Morgan fingerprint density at radius 2 is 2.27 bits per heavy atom. The molecule has 0 spiro atoms. The first-order chi connectivity index (χ1) is 7.31. The fraction of sp³-hybridized carbons (Fsp3) is 0.846. The Kier molecular flexibility index (Phi) is 3.81. The van der Waals surface area contributed by atoms with Crippen LogP contribution in [0.1, 0.15) is 39.5 Å². The van der Waals surface area contributed by atoms with Crippen molar-refractivity contribution in [1.82, 2.24) is 10.2 Å². The number of allylic oxidation sites excluding steroid dienone is 1. The Balaban J connectivity index is 1.99. The molecular formula is C13H24N2. The maximum absolute atomic E-state index is 3.59. The van der Waals surface area contributed by atoms with E-state index in [1.54, 1.807) is 0 Å². The maximum atomic E-state index is 3.59. The first-order valence-electron chi connectivity index (χ1n) is 6.45. The first-order valence-corrected chi connectivity index (χ1v) is 6.45. The molecule has 1 heterocycles. The van der Waals surface area contributed by atoms with E-state index in [4.69, 9.17) is 0 Å². The van der Waals surface area contributed by atoms with Gasteiger partial charge in [0.15, 0.2) is 0 Å². The number of nitrogens with one attached hydrogen (secondary N) is 1. The molecule has 0 radical (unpaired) electrons. The summed E-state index contributed by atoms with van der Waals surface area (Å²) in [6.07, 6.45) is 9.89. The van der Waals surface area contributed by atoms with Crippen LogP contribution in [0, 0.1) is 0 Å². The average molecular weight is 208 g/mol. The summed E-state index contributed by atoms with van der Waals surface area (Å²) < 4.78 is 0. The van der Waals surface area contributed by atoms with Crippen molar-refractivity contribution in [3.05, 3.63) is 12.2 Å². The van der Waals surface area contributed by atoms with Crippen LogP contribution in [0.5, 0.6) is 0 Å². The van der Waals surface area contributed by atoms with E-state index in [1.807, 2.05) is 0 Å². The molecule has 1 fully saturated rings. The van der Waals surface area contributed by atoms with Crippen LogP contribution in [0.2, 0.25) is 0 Å². The monoisotopic (exact) mass is 208 g/mol. The van der Waals surface area contributed by atoms with Crippen molar-refractivity contribution in [3.63, 3.8) is 0 Å². The fourth-order valence-corrected chi connectivity index (χ4v) is 2.89. The fourth-order valence-electron chi connectivity index (χ4n) is 2.89. The van der Waals surface area contributed by atoms with Gasteiger partial charge < -0.3 is 5.32 Å². The zero-order valence-corrected chi connectivity index (χ0v) is 10.1. The molecule has 2 nitrogen and oxygen atoms in total. The molecule has 2 aliphatic rings. The minimum absolute atomic E-state index is 0.665. The van der Waals surface area contributed by atoms with E-state index < -0.39 is 0 Å². The Hall–Kier alpha value is -0.340. The molecule has 0 saturated carbocycles. The molecular weight excluding hydrogens is 184 g/mol. The van der Waals surface area contributed by atoms with E-state index in [0.717, 1.165) is 12.1 Å². The minimum atomic E-state index is 0.665. The second-order valence-corrected chi connectivity index (χ2v) is 5.01. The third-order valence-electron chi connectivity index (χ3n) is 3.84. The van der Waals surface area contributed by atoms with E-state index in [-0.39, 0.29) is 0 Å². The predicted octanol–water partition coefficient (Wildman–Crippen LogP) is 2.17. The van der Waals surface area contributed by atoms with Crippen LogP contribution in [0.4, 0.5) is 0 Å². The van der Waals surface area contributed by atoms with Crippen LogP contribution >= 0.6 is 0 Å². The van der Waals surface area contributed by atoms with Gasteiger partial charge in [-0.1, -0.05) is 19.1 Å². The van der Waals surface area contributed by atoms with Gasteiger partial charge in [-0.25, -0.2) is 0 Å². The standard InChI is InChI=1S/C13H24N2/c1-3-12-9-14-11(2)10-15(12)13-7-5-4-6-8-13/h4-5,11-14H,3,6-10H2,1-2H3. The molecule has 1 saturated heterocycles. The molecule has 0 aromatic rings. The highest BCUT2D eigenvalue weighted by molar-refractivity contribution is 4.97. The Bertz CT molecular complexity index is 225. The normalized spacial score (nSPS) is 38.1. The van der Waals surface area contributed by atoms with Gasteiger partial charge in [0.2, 0.25) is 0 Å². The number of rotatable bonds is 2. The van der Waals surface area contributed by atoms with Crippen LogP contribution < -0.4 is 5.32 Å². The summed E-state index contributed by atoms with van der Waals surface area (Å²) in [6, 6.07) is 2.24. The van der Waals surface area contributed by atoms with Crippen LogP contribution in [0.25, 0.3) is 0 Å². The van der Waals surface area contributed by atoms with Crippen molar-refractivity contribution in [3.8, 4) is 0 Å². The molecule has 0 bridgehead atoms. The van der Waals surface area contributed by atoms with Crippen molar-refractivity contribution >= 4 is 0 Å². The molecule has 0 aromatic carbocycles. The number of hydrogen-bond acceptors (Lipinski definition) is 2. The maximum Gasteiger partial charge on any atom is 0.0221 e. The molecule has 1 N–H and O–H groups in total. The summed E-state index contributed by atoms with van der Waals surface area (Å²) in [7, 11) is 0. The smallest absolute Gasteiger partial charge is 0.0221 e. The predicted molar refractivity (Wildman–Crippen MR) is 65.0 cm³/mol. The largest absolute Gasteiger partial charge is 0.311 e.